The van der Waals surface area contributed by atoms with Gasteiger partial charge in [-0.05, 0) is 26.7 Å². The second-order valence-electron chi connectivity index (χ2n) is 5.77. The van der Waals surface area contributed by atoms with Crippen LogP contribution < -0.4 is 9.62 Å². The lowest BCUT2D eigenvalue weighted by Crippen LogP contribution is -2.52. The molecule has 24 heavy (non-hydrogen) atoms. The molecule has 3 rings (SSSR count). The topological polar surface area (TPSA) is 110 Å². The Morgan fingerprint density at radius 2 is 2.12 bits per heavy atom. The van der Waals surface area contributed by atoms with Crippen LogP contribution in [0, 0.1) is 13.8 Å². The molecule has 1 unspecified atom stereocenters. The van der Waals surface area contributed by atoms with Crippen molar-refractivity contribution >= 4 is 21.7 Å². The normalized spacial score (nSPS) is 19.0. The molecule has 1 saturated heterocycles. The average molecular weight is 353 g/mol. The van der Waals surface area contributed by atoms with Gasteiger partial charge in [-0.15, -0.1) is 0 Å². The summed E-state index contributed by atoms with van der Waals surface area (Å²) in [4.78, 5) is 14.3. The SMILES string of the molecule is Cc1noc(C)c1S(=O)(=O)NC1CCCN(c2ccnn2C)C1=O. The van der Waals surface area contributed by atoms with E-state index < -0.39 is 16.1 Å². The van der Waals surface area contributed by atoms with Crippen molar-refractivity contribution < 1.29 is 17.7 Å². The van der Waals surface area contributed by atoms with E-state index >= 15 is 0 Å². The molecule has 0 saturated carbocycles. The maximum absolute atomic E-state index is 12.7. The number of aryl methyl sites for hydroxylation is 3. The summed E-state index contributed by atoms with van der Waals surface area (Å²) in [5.74, 6) is 0.549. The highest BCUT2D eigenvalue weighted by molar-refractivity contribution is 7.89. The molecule has 1 N–H and O–H groups in total. The van der Waals surface area contributed by atoms with Crippen molar-refractivity contribution in [2.75, 3.05) is 11.4 Å². The largest absolute Gasteiger partial charge is 0.360 e. The van der Waals surface area contributed by atoms with Gasteiger partial charge >= 0.3 is 0 Å². The van der Waals surface area contributed by atoms with Gasteiger partial charge < -0.3 is 4.52 Å². The quantitative estimate of drug-likeness (QED) is 0.857. The molecule has 0 aliphatic carbocycles. The Bertz CT molecular complexity index is 850. The zero-order valence-electron chi connectivity index (χ0n) is 13.7. The highest BCUT2D eigenvalue weighted by Crippen LogP contribution is 2.23. The van der Waals surface area contributed by atoms with E-state index in [1.807, 2.05) is 0 Å². The number of piperidine rings is 1. The van der Waals surface area contributed by atoms with Crippen molar-refractivity contribution in [1.82, 2.24) is 19.7 Å². The summed E-state index contributed by atoms with van der Waals surface area (Å²) in [5, 5.41) is 7.71. The molecule has 1 atom stereocenters. The molecule has 1 aliphatic heterocycles. The third-order valence-corrected chi connectivity index (χ3v) is 5.76. The van der Waals surface area contributed by atoms with Gasteiger partial charge in [-0.25, -0.2) is 8.42 Å². The van der Waals surface area contributed by atoms with Crippen LogP contribution in [0.2, 0.25) is 0 Å². The second-order valence-corrected chi connectivity index (χ2v) is 7.42. The van der Waals surface area contributed by atoms with Crippen LogP contribution in [-0.2, 0) is 21.9 Å². The lowest BCUT2D eigenvalue weighted by atomic mass is 10.1. The van der Waals surface area contributed by atoms with E-state index in [0.29, 0.717) is 25.2 Å². The number of amides is 1. The fourth-order valence-corrected chi connectivity index (χ4v) is 4.50. The van der Waals surface area contributed by atoms with Gasteiger partial charge in [0, 0.05) is 19.7 Å². The first-order valence-electron chi connectivity index (χ1n) is 7.56. The molecule has 1 aliphatic rings. The second kappa shape index (κ2) is 6.02. The molecule has 3 heterocycles. The number of hydrogen-bond acceptors (Lipinski definition) is 6. The van der Waals surface area contributed by atoms with Crippen LogP contribution in [0.15, 0.2) is 21.7 Å². The minimum Gasteiger partial charge on any atom is -0.360 e. The third-order valence-electron chi connectivity index (χ3n) is 4.04. The van der Waals surface area contributed by atoms with E-state index in [9.17, 15) is 13.2 Å². The number of aromatic nitrogens is 3. The van der Waals surface area contributed by atoms with Crippen LogP contribution in [0.25, 0.3) is 0 Å². The molecular weight excluding hydrogens is 334 g/mol. The number of carbonyl (C=O) groups is 1. The number of nitrogens with zero attached hydrogens (tertiary/aromatic N) is 4. The van der Waals surface area contributed by atoms with Crippen LogP contribution in [0.5, 0.6) is 0 Å². The van der Waals surface area contributed by atoms with Crippen LogP contribution in [0.4, 0.5) is 5.82 Å². The summed E-state index contributed by atoms with van der Waals surface area (Å²) in [6, 6.07) is 0.899. The van der Waals surface area contributed by atoms with Crippen molar-refractivity contribution in [3.8, 4) is 0 Å². The first-order chi connectivity index (χ1) is 11.3. The van der Waals surface area contributed by atoms with Crippen LogP contribution in [0.1, 0.15) is 24.3 Å². The molecule has 130 valence electrons. The van der Waals surface area contributed by atoms with E-state index in [-0.39, 0.29) is 22.3 Å². The monoisotopic (exact) mass is 353 g/mol. The molecule has 1 fully saturated rings. The maximum atomic E-state index is 12.7. The number of carbonyl (C=O) groups excluding carboxylic acids is 1. The molecule has 0 radical (unpaired) electrons. The highest BCUT2D eigenvalue weighted by atomic mass is 32.2. The third kappa shape index (κ3) is 2.82. The average Bonchev–Trinajstić information content (AvgIpc) is 3.07. The minimum absolute atomic E-state index is 0.00652. The van der Waals surface area contributed by atoms with Gasteiger partial charge in [-0.3, -0.25) is 14.4 Å². The van der Waals surface area contributed by atoms with E-state index in [0.717, 1.165) is 0 Å². The zero-order chi connectivity index (χ0) is 17.5. The standard InChI is InChI=1S/C14H19N5O4S/c1-9-13(10(2)23-16-9)24(21,22)17-11-5-4-8-19(14(11)20)12-6-7-15-18(12)3/h6-7,11,17H,4-5,8H2,1-3H3. The van der Waals surface area contributed by atoms with Crippen molar-refractivity contribution in [3.05, 3.63) is 23.7 Å². The van der Waals surface area contributed by atoms with Crippen molar-refractivity contribution in [3.63, 3.8) is 0 Å². The first-order valence-corrected chi connectivity index (χ1v) is 9.04. The Balaban J connectivity index is 1.85. The van der Waals surface area contributed by atoms with Crippen LogP contribution in [0.3, 0.4) is 0 Å². The predicted octanol–water partition coefficient (Wildman–Crippen LogP) is 0.499. The van der Waals surface area contributed by atoms with Gasteiger partial charge in [-0.2, -0.15) is 9.82 Å². The summed E-state index contributed by atoms with van der Waals surface area (Å²) >= 11 is 0. The summed E-state index contributed by atoms with van der Waals surface area (Å²) in [7, 11) is -2.15. The predicted molar refractivity (Wildman–Crippen MR) is 84.9 cm³/mol. The Morgan fingerprint density at radius 3 is 2.71 bits per heavy atom. The number of rotatable bonds is 4. The van der Waals surface area contributed by atoms with Gasteiger partial charge in [0.15, 0.2) is 5.76 Å². The summed E-state index contributed by atoms with van der Waals surface area (Å²) in [5.41, 5.74) is 0.270. The summed E-state index contributed by atoms with van der Waals surface area (Å²) < 4.78 is 34.2. The fraction of sp³-hybridized carbons (Fsp3) is 0.500. The Morgan fingerprint density at radius 1 is 1.38 bits per heavy atom. The Labute approximate surface area is 139 Å². The van der Waals surface area contributed by atoms with Crippen molar-refractivity contribution in [2.45, 2.75) is 37.6 Å². The molecule has 0 aromatic carbocycles. The molecule has 1 amide bonds. The lowest BCUT2D eigenvalue weighted by Gasteiger charge is -2.32. The van der Waals surface area contributed by atoms with Crippen LogP contribution in [-0.4, -0.2) is 41.8 Å². The lowest BCUT2D eigenvalue weighted by molar-refractivity contribution is -0.121. The van der Waals surface area contributed by atoms with Crippen molar-refractivity contribution in [2.24, 2.45) is 7.05 Å². The minimum atomic E-state index is -3.89. The molecule has 0 bridgehead atoms. The summed E-state index contributed by atoms with van der Waals surface area (Å²) in [6.45, 7) is 3.61. The van der Waals surface area contributed by atoms with E-state index in [1.165, 1.54) is 6.92 Å². The number of anilines is 1. The molecule has 0 spiro atoms. The molecule has 9 nitrogen and oxygen atoms in total. The molecule has 2 aromatic heterocycles. The first kappa shape index (κ1) is 16.7. The van der Waals surface area contributed by atoms with E-state index in [2.05, 4.69) is 15.0 Å². The molecular formula is C14H19N5O4S. The van der Waals surface area contributed by atoms with Gasteiger partial charge in [0.1, 0.15) is 22.4 Å². The zero-order valence-corrected chi connectivity index (χ0v) is 14.5. The molecule has 2 aromatic rings. The van der Waals surface area contributed by atoms with E-state index in [4.69, 9.17) is 4.52 Å². The van der Waals surface area contributed by atoms with Crippen molar-refractivity contribution in [1.29, 1.82) is 0 Å². The van der Waals surface area contributed by atoms with E-state index in [1.54, 1.807) is 35.8 Å². The van der Waals surface area contributed by atoms with Gasteiger partial charge in [0.2, 0.25) is 15.9 Å². The van der Waals surface area contributed by atoms with Gasteiger partial charge in [-0.1, -0.05) is 5.16 Å². The number of sulfonamides is 1. The smallest absolute Gasteiger partial charge is 0.246 e. The number of hydrogen-bond donors (Lipinski definition) is 1. The summed E-state index contributed by atoms with van der Waals surface area (Å²) in [6.07, 6.45) is 2.72. The number of nitrogens with one attached hydrogen (secondary N) is 1. The van der Waals surface area contributed by atoms with Crippen LogP contribution >= 0.6 is 0 Å². The van der Waals surface area contributed by atoms with Gasteiger partial charge in [0.25, 0.3) is 0 Å². The molecule has 10 heteroatoms. The fourth-order valence-electron chi connectivity index (χ4n) is 2.95. The Kier molecular flexibility index (Phi) is 4.18. The van der Waals surface area contributed by atoms with Gasteiger partial charge in [0.05, 0.1) is 6.20 Å². The maximum Gasteiger partial charge on any atom is 0.246 e. The highest BCUT2D eigenvalue weighted by Gasteiger charge is 2.35. The Hall–Kier alpha value is -2.20.